The molecule has 0 radical (unpaired) electrons. The van der Waals surface area contributed by atoms with Crippen molar-refractivity contribution >= 4 is 11.6 Å². The van der Waals surface area contributed by atoms with Gasteiger partial charge in [-0.25, -0.2) is 0 Å². The maximum Gasteiger partial charge on any atom is 0.255 e. The van der Waals surface area contributed by atoms with Crippen molar-refractivity contribution in [3.8, 4) is 5.75 Å². The molecule has 17 heavy (non-hydrogen) atoms. The van der Waals surface area contributed by atoms with E-state index in [4.69, 9.17) is 10.5 Å². The molecule has 0 heterocycles. The summed E-state index contributed by atoms with van der Waals surface area (Å²) in [5, 5.41) is 3.32. The molecule has 4 heteroatoms. The monoisotopic (exact) mass is 236 g/mol. The third-order valence-corrected chi connectivity index (χ3v) is 2.34. The van der Waals surface area contributed by atoms with E-state index < -0.39 is 5.91 Å². The number of unbranched alkanes of at least 4 members (excludes halogenated alkanes) is 2. The number of rotatable bonds is 8. The highest BCUT2D eigenvalue weighted by Gasteiger charge is 1.97. The van der Waals surface area contributed by atoms with Crippen LogP contribution in [0.1, 0.15) is 26.2 Å². The van der Waals surface area contributed by atoms with Gasteiger partial charge in [-0.3, -0.25) is 4.79 Å². The van der Waals surface area contributed by atoms with Gasteiger partial charge in [-0.05, 0) is 30.7 Å². The molecule has 0 unspecified atom stereocenters. The molecule has 3 N–H and O–H groups in total. The molecule has 4 nitrogen and oxygen atoms in total. The van der Waals surface area contributed by atoms with Gasteiger partial charge in [0.1, 0.15) is 5.75 Å². The number of hydrogen-bond donors (Lipinski definition) is 2. The number of nitrogens with one attached hydrogen (secondary N) is 1. The molecular weight excluding hydrogens is 216 g/mol. The number of ether oxygens (including phenoxy) is 1. The van der Waals surface area contributed by atoms with Gasteiger partial charge in [-0.2, -0.15) is 0 Å². The number of hydrogen-bond acceptors (Lipinski definition) is 3. The molecule has 0 saturated carbocycles. The van der Waals surface area contributed by atoms with Gasteiger partial charge in [-0.15, -0.1) is 0 Å². The lowest BCUT2D eigenvalue weighted by molar-refractivity contribution is -0.119. The fourth-order valence-corrected chi connectivity index (χ4v) is 1.43. The predicted octanol–water partition coefficient (Wildman–Crippen LogP) is 2.15. The maximum absolute atomic E-state index is 10.5. The van der Waals surface area contributed by atoms with E-state index in [1.54, 1.807) is 0 Å². The van der Waals surface area contributed by atoms with E-state index in [0.717, 1.165) is 12.2 Å². The number of benzene rings is 1. The molecular formula is C13H20N2O2. The molecule has 1 amide bonds. The first-order valence-electron chi connectivity index (χ1n) is 5.97. The summed E-state index contributed by atoms with van der Waals surface area (Å²) in [5.74, 6) is 0.190. The van der Waals surface area contributed by atoms with Crippen molar-refractivity contribution in [1.29, 1.82) is 0 Å². The predicted molar refractivity (Wildman–Crippen MR) is 69.1 cm³/mol. The summed E-state index contributed by atoms with van der Waals surface area (Å²) in [4.78, 5) is 10.5. The summed E-state index contributed by atoms with van der Waals surface area (Å²) < 4.78 is 5.16. The molecule has 0 saturated heterocycles. The van der Waals surface area contributed by atoms with E-state index in [9.17, 15) is 4.79 Å². The minimum atomic E-state index is -0.466. The van der Waals surface area contributed by atoms with Crippen LogP contribution in [0, 0.1) is 0 Å². The molecule has 0 aliphatic heterocycles. The first-order chi connectivity index (χ1) is 8.22. The van der Waals surface area contributed by atoms with Crippen LogP contribution in [0.4, 0.5) is 5.69 Å². The van der Waals surface area contributed by atoms with E-state index in [1.165, 1.54) is 19.3 Å². The first-order valence-corrected chi connectivity index (χ1v) is 5.97. The van der Waals surface area contributed by atoms with Gasteiger partial charge in [0.05, 0.1) is 0 Å². The van der Waals surface area contributed by atoms with E-state index in [-0.39, 0.29) is 6.61 Å². The highest BCUT2D eigenvalue weighted by Crippen LogP contribution is 2.15. The first kappa shape index (κ1) is 13.4. The van der Waals surface area contributed by atoms with Gasteiger partial charge < -0.3 is 15.8 Å². The number of carbonyl (C=O) groups is 1. The van der Waals surface area contributed by atoms with Crippen molar-refractivity contribution in [2.24, 2.45) is 5.73 Å². The van der Waals surface area contributed by atoms with Crippen LogP contribution in [0.15, 0.2) is 24.3 Å². The molecule has 1 rings (SSSR count). The third-order valence-electron chi connectivity index (χ3n) is 2.34. The van der Waals surface area contributed by atoms with Crippen molar-refractivity contribution in [1.82, 2.24) is 0 Å². The van der Waals surface area contributed by atoms with Crippen LogP contribution >= 0.6 is 0 Å². The Bertz CT molecular complexity index is 336. The zero-order valence-corrected chi connectivity index (χ0v) is 10.2. The average molecular weight is 236 g/mol. The number of anilines is 1. The second-order valence-electron chi connectivity index (χ2n) is 3.91. The Hall–Kier alpha value is -1.71. The molecule has 0 spiro atoms. The topological polar surface area (TPSA) is 64.3 Å². The minimum absolute atomic E-state index is 0.0801. The van der Waals surface area contributed by atoms with Crippen LogP contribution in [0.5, 0.6) is 5.75 Å². The third kappa shape index (κ3) is 5.80. The second-order valence-corrected chi connectivity index (χ2v) is 3.91. The number of amides is 1. The normalized spacial score (nSPS) is 9.94. The molecule has 0 aromatic heterocycles. The Morgan fingerprint density at radius 3 is 2.59 bits per heavy atom. The molecule has 0 aliphatic rings. The quantitative estimate of drug-likeness (QED) is 0.680. The largest absolute Gasteiger partial charge is 0.484 e. The van der Waals surface area contributed by atoms with E-state index in [0.29, 0.717) is 5.75 Å². The van der Waals surface area contributed by atoms with E-state index >= 15 is 0 Å². The molecule has 1 aromatic carbocycles. The van der Waals surface area contributed by atoms with Crippen molar-refractivity contribution < 1.29 is 9.53 Å². The maximum atomic E-state index is 10.5. The lowest BCUT2D eigenvalue weighted by Crippen LogP contribution is -2.19. The van der Waals surface area contributed by atoms with Crippen molar-refractivity contribution in [2.45, 2.75) is 26.2 Å². The summed E-state index contributed by atoms with van der Waals surface area (Å²) in [6, 6.07) is 7.51. The van der Waals surface area contributed by atoms with Crippen molar-refractivity contribution in [2.75, 3.05) is 18.5 Å². The number of primary amides is 1. The SMILES string of the molecule is CCCCCNc1ccc(OCC(N)=O)cc1. The van der Waals surface area contributed by atoms with Crippen LogP contribution in [-0.2, 0) is 4.79 Å². The van der Waals surface area contributed by atoms with Crippen LogP contribution in [0.3, 0.4) is 0 Å². The Labute approximate surface area is 102 Å². The van der Waals surface area contributed by atoms with Gasteiger partial charge >= 0.3 is 0 Å². The van der Waals surface area contributed by atoms with Gasteiger partial charge in [0, 0.05) is 12.2 Å². The number of carbonyl (C=O) groups excluding carboxylic acids is 1. The standard InChI is InChI=1S/C13H20N2O2/c1-2-3-4-9-15-11-5-7-12(8-6-11)17-10-13(14)16/h5-8,15H,2-4,9-10H2,1H3,(H2,14,16). The molecule has 0 bridgehead atoms. The summed E-state index contributed by atoms with van der Waals surface area (Å²) in [6.07, 6.45) is 3.64. The highest BCUT2D eigenvalue weighted by atomic mass is 16.5. The van der Waals surface area contributed by atoms with Crippen LogP contribution < -0.4 is 15.8 Å². The molecule has 1 aromatic rings. The zero-order chi connectivity index (χ0) is 12.5. The summed E-state index contributed by atoms with van der Waals surface area (Å²) in [7, 11) is 0. The van der Waals surface area contributed by atoms with Crippen LogP contribution in [-0.4, -0.2) is 19.1 Å². The Morgan fingerprint density at radius 1 is 1.29 bits per heavy atom. The Balaban J connectivity index is 2.31. The lowest BCUT2D eigenvalue weighted by Gasteiger charge is -2.07. The zero-order valence-electron chi connectivity index (χ0n) is 10.2. The van der Waals surface area contributed by atoms with Crippen LogP contribution in [0.2, 0.25) is 0 Å². The summed E-state index contributed by atoms with van der Waals surface area (Å²) in [5.41, 5.74) is 6.05. The van der Waals surface area contributed by atoms with Gasteiger partial charge in [0.25, 0.3) is 5.91 Å². The van der Waals surface area contributed by atoms with Gasteiger partial charge in [-0.1, -0.05) is 19.8 Å². The number of nitrogens with two attached hydrogens (primary N) is 1. The minimum Gasteiger partial charge on any atom is -0.484 e. The van der Waals surface area contributed by atoms with Gasteiger partial charge in [0.15, 0.2) is 6.61 Å². The smallest absolute Gasteiger partial charge is 0.255 e. The lowest BCUT2D eigenvalue weighted by atomic mass is 10.2. The molecule has 94 valence electrons. The Morgan fingerprint density at radius 2 is 2.00 bits per heavy atom. The van der Waals surface area contributed by atoms with Crippen molar-refractivity contribution in [3.63, 3.8) is 0 Å². The van der Waals surface area contributed by atoms with E-state index in [1.807, 2.05) is 24.3 Å². The van der Waals surface area contributed by atoms with Gasteiger partial charge in [0.2, 0.25) is 0 Å². The van der Waals surface area contributed by atoms with Crippen LogP contribution in [0.25, 0.3) is 0 Å². The average Bonchev–Trinajstić information content (AvgIpc) is 2.33. The fraction of sp³-hybridized carbons (Fsp3) is 0.462. The summed E-state index contributed by atoms with van der Waals surface area (Å²) in [6.45, 7) is 3.09. The fourth-order valence-electron chi connectivity index (χ4n) is 1.43. The molecule has 0 aliphatic carbocycles. The molecule has 0 fully saturated rings. The Kier molecular flexibility index (Phi) is 5.93. The molecule has 0 atom stereocenters. The van der Waals surface area contributed by atoms with Crippen molar-refractivity contribution in [3.05, 3.63) is 24.3 Å². The second kappa shape index (κ2) is 7.54. The highest BCUT2D eigenvalue weighted by molar-refractivity contribution is 5.75. The summed E-state index contributed by atoms with van der Waals surface area (Å²) >= 11 is 0. The van der Waals surface area contributed by atoms with E-state index in [2.05, 4.69) is 12.2 Å².